The van der Waals surface area contributed by atoms with Crippen LogP contribution in [0.15, 0.2) is 51.9 Å². The molecule has 0 unspecified atom stereocenters. The Hall–Kier alpha value is -3.06. The van der Waals surface area contributed by atoms with E-state index in [1.807, 2.05) is 0 Å². The summed E-state index contributed by atoms with van der Waals surface area (Å²) in [5.74, 6) is -0.805. The monoisotopic (exact) mass is 395 g/mol. The highest BCUT2D eigenvalue weighted by molar-refractivity contribution is 5.99. The number of pyridine rings is 1. The van der Waals surface area contributed by atoms with Gasteiger partial charge in [0.1, 0.15) is 11.4 Å². The van der Waals surface area contributed by atoms with Crippen molar-refractivity contribution in [2.24, 2.45) is 0 Å². The molecule has 4 rings (SSSR count). The van der Waals surface area contributed by atoms with Crippen molar-refractivity contribution < 1.29 is 13.6 Å². The van der Waals surface area contributed by atoms with Gasteiger partial charge in [0, 0.05) is 25.5 Å². The molecule has 2 aromatic heterocycles. The van der Waals surface area contributed by atoms with Crippen LogP contribution in [0.3, 0.4) is 0 Å². The summed E-state index contributed by atoms with van der Waals surface area (Å²) in [5.41, 5.74) is 0.873. The van der Waals surface area contributed by atoms with Gasteiger partial charge in [0.05, 0.1) is 17.0 Å². The average Bonchev–Trinajstić information content (AvgIpc) is 3.02. The van der Waals surface area contributed by atoms with Crippen LogP contribution in [-0.2, 0) is 0 Å². The summed E-state index contributed by atoms with van der Waals surface area (Å²) in [6, 6.07) is 6.75. The lowest BCUT2D eigenvalue weighted by Gasteiger charge is -2.28. The van der Waals surface area contributed by atoms with E-state index in [2.05, 4.69) is 23.7 Å². The molecule has 0 aliphatic carbocycles. The Labute approximate surface area is 167 Å². The van der Waals surface area contributed by atoms with Crippen molar-refractivity contribution >= 4 is 16.9 Å². The number of carbonyl (C=O) groups excluding carboxylic acids is 1. The summed E-state index contributed by atoms with van der Waals surface area (Å²) in [6.45, 7) is 6.99. The number of benzene rings is 1. The maximum atomic E-state index is 13.8. The van der Waals surface area contributed by atoms with Gasteiger partial charge in [0.2, 0.25) is 5.76 Å². The minimum atomic E-state index is -0.583. The number of likely N-dealkylation sites (N-methyl/N-ethyl adjacent to an activating group) is 1. The second-order valence-electron chi connectivity index (χ2n) is 7.02. The zero-order valence-electron chi connectivity index (χ0n) is 16.4. The van der Waals surface area contributed by atoms with E-state index in [-0.39, 0.29) is 33.6 Å². The molecule has 1 aliphatic rings. The number of aromatic nitrogens is 1. The van der Waals surface area contributed by atoms with Crippen molar-refractivity contribution in [3.8, 4) is 0 Å². The quantitative estimate of drug-likeness (QED) is 0.641. The van der Waals surface area contributed by atoms with Crippen molar-refractivity contribution in [3.05, 3.63) is 75.7 Å². The number of halogens is 1. The van der Waals surface area contributed by atoms with Crippen LogP contribution < -0.4 is 5.43 Å². The molecule has 0 bridgehead atoms. The zero-order valence-corrected chi connectivity index (χ0v) is 16.4. The van der Waals surface area contributed by atoms with Gasteiger partial charge >= 0.3 is 0 Å². The lowest BCUT2D eigenvalue weighted by Crippen LogP contribution is -2.37. The lowest BCUT2D eigenvalue weighted by atomic mass is 9.99. The number of amides is 1. The maximum Gasteiger partial charge on any atom is 0.290 e. The van der Waals surface area contributed by atoms with Crippen LogP contribution in [0.1, 0.15) is 41.6 Å². The number of hydrogen-bond acceptors (Lipinski definition) is 5. The van der Waals surface area contributed by atoms with E-state index in [0.29, 0.717) is 13.1 Å². The summed E-state index contributed by atoms with van der Waals surface area (Å²) in [4.78, 5) is 34.4. The molecule has 29 heavy (non-hydrogen) atoms. The Morgan fingerprint density at radius 1 is 1.14 bits per heavy atom. The van der Waals surface area contributed by atoms with Gasteiger partial charge in [-0.05, 0) is 49.0 Å². The van der Waals surface area contributed by atoms with Gasteiger partial charge in [-0.3, -0.25) is 14.6 Å². The molecule has 6 nitrogen and oxygen atoms in total. The molecular formula is C22H22FN3O3. The first-order valence-corrected chi connectivity index (χ1v) is 9.74. The Bertz CT molecular complexity index is 1110. The zero-order chi connectivity index (χ0) is 20.5. The van der Waals surface area contributed by atoms with E-state index >= 15 is 0 Å². The molecule has 0 spiro atoms. The predicted molar refractivity (Wildman–Crippen MR) is 107 cm³/mol. The largest absolute Gasteiger partial charge is 0.450 e. The number of nitrogens with zero attached hydrogens (tertiary/aromatic N) is 3. The summed E-state index contributed by atoms with van der Waals surface area (Å²) in [6.07, 6.45) is 3.26. The molecule has 3 aromatic rings. The Morgan fingerprint density at radius 2 is 1.86 bits per heavy atom. The number of rotatable bonds is 6. The van der Waals surface area contributed by atoms with Gasteiger partial charge in [0.15, 0.2) is 5.43 Å². The van der Waals surface area contributed by atoms with Gasteiger partial charge in [-0.2, -0.15) is 0 Å². The van der Waals surface area contributed by atoms with Crippen LogP contribution in [0.4, 0.5) is 4.39 Å². The van der Waals surface area contributed by atoms with Crippen LogP contribution in [-0.4, -0.2) is 46.9 Å². The third-order valence-electron chi connectivity index (χ3n) is 5.50. The van der Waals surface area contributed by atoms with Crippen LogP contribution in [0.2, 0.25) is 0 Å². The van der Waals surface area contributed by atoms with E-state index in [0.717, 1.165) is 24.7 Å². The third kappa shape index (κ3) is 3.31. The van der Waals surface area contributed by atoms with Crippen LogP contribution in [0.5, 0.6) is 0 Å². The molecule has 1 amide bonds. The van der Waals surface area contributed by atoms with E-state index in [4.69, 9.17) is 4.42 Å². The van der Waals surface area contributed by atoms with Crippen LogP contribution in [0, 0.1) is 5.82 Å². The first-order valence-electron chi connectivity index (χ1n) is 9.74. The molecule has 1 atom stereocenters. The van der Waals surface area contributed by atoms with E-state index in [1.165, 1.54) is 12.1 Å². The number of carbonyl (C=O) groups is 1. The summed E-state index contributed by atoms with van der Waals surface area (Å²) in [5, 5.41) is 0.140. The highest BCUT2D eigenvalue weighted by atomic mass is 19.1. The fourth-order valence-corrected chi connectivity index (χ4v) is 3.90. The van der Waals surface area contributed by atoms with Crippen molar-refractivity contribution in [2.75, 3.05) is 26.2 Å². The van der Waals surface area contributed by atoms with Gasteiger partial charge in [-0.15, -0.1) is 0 Å². The number of fused-ring (bicyclic) bond motifs is 2. The number of hydrogen-bond donors (Lipinski definition) is 0. The average molecular weight is 395 g/mol. The molecule has 0 N–H and O–H groups in total. The summed E-state index contributed by atoms with van der Waals surface area (Å²) < 4.78 is 19.6. The van der Waals surface area contributed by atoms with Gasteiger partial charge in [0.25, 0.3) is 5.91 Å². The van der Waals surface area contributed by atoms with Gasteiger partial charge in [-0.25, -0.2) is 4.39 Å². The van der Waals surface area contributed by atoms with Crippen molar-refractivity contribution in [3.63, 3.8) is 0 Å². The third-order valence-corrected chi connectivity index (χ3v) is 5.50. The van der Waals surface area contributed by atoms with E-state index < -0.39 is 11.9 Å². The Balaban J connectivity index is 1.87. The lowest BCUT2D eigenvalue weighted by molar-refractivity contribution is 0.0708. The summed E-state index contributed by atoms with van der Waals surface area (Å²) >= 11 is 0. The maximum absolute atomic E-state index is 13.8. The SMILES string of the molecule is CCN(CC)CCN1C(=O)c2oc3ccc(F)cc3c(=O)c2[C@@H]1c1ccncc1. The molecule has 1 aromatic carbocycles. The second kappa shape index (κ2) is 7.75. The van der Waals surface area contributed by atoms with E-state index in [1.54, 1.807) is 29.4 Å². The smallest absolute Gasteiger partial charge is 0.290 e. The fourth-order valence-electron chi connectivity index (χ4n) is 3.90. The predicted octanol–water partition coefficient (Wildman–Crippen LogP) is 3.21. The molecule has 0 saturated carbocycles. The van der Waals surface area contributed by atoms with Gasteiger partial charge in [-0.1, -0.05) is 13.8 Å². The molecule has 150 valence electrons. The van der Waals surface area contributed by atoms with Crippen molar-refractivity contribution in [1.82, 2.24) is 14.8 Å². The van der Waals surface area contributed by atoms with Crippen molar-refractivity contribution in [1.29, 1.82) is 0 Å². The topological polar surface area (TPSA) is 66.7 Å². The second-order valence-corrected chi connectivity index (χ2v) is 7.02. The van der Waals surface area contributed by atoms with E-state index in [9.17, 15) is 14.0 Å². The molecule has 0 fully saturated rings. The summed E-state index contributed by atoms with van der Waals surface area (Å²) in [7, 11) is 0. The highest BCUT2D eigenvalue weighted by Crippen LogP contribution is 2.37. The molecule has 1 aliphatic heterocycles. The normalized spacial score (nSPS) is 16.1. The molecule has 0 saturated heterocycles. The minimum absolute atomic E-state index is 0.0375. The van der Waals surface area contributed by atoms with Gasteiger partial charge < -0.3 is 14.2 Å². The first-order chi connectivity index (χ1) is 14.0. The van der Waals surface area contributed by atoms with Crippen LogP contribution >= 0.6 is 0 Å². The molecular weight excluding hydrogens is 373 g/mol. The standard InChI is InChI=1S/C22H22FN3O3/c1-3-25(4-2)11-12-26-19(14-7-9-24-10-8-14)18-20(27)16-13-15(23)5-6-17(16)29-21(18)22(26)28/h5-10,13,19H,3-4,11-12H2,1-2H3/t19-/m0/s1. The van der Waals surface area contributed by atoms with Crippen molar-refractivity contribution in [2.45, 2.75) is 19.9 Å². The first kappa shape index (κ1) is 19.3. The molecule has 3 heterocycles. The minimum Gasteiger partial charge on any atom is -0.450 e. The molecule has 0 radical (unpaired) electrons. The molecule has 7 heteroatoms. The Kier molecular flexibility index (Phi) is 5.15. The highest BCUT2D eigenvalue weighted by Gasteiger charge is 2.42. The van der Waals surface area contributed by atoms with Crippen LogP contribution in [0.25, 0.3) is 11.0 Å². The fraction of sp³-hybridized carbons (Fsp3) is 0.318. The Morgan fingerprint density at radius 3 is 2.55 bits per heavy atom.